The summed E-state index contributed by atoms with van der Waals surface area (Å²) in [6.07, 6.45) is 0. The Hall–Kier alpha value is -1.62. The molecule has 19 heavy (non-hydrogen) atoms. The summed E-state index contributed by atoms with van der Waals surface area (Å²) in [6, 6.07) is 3.40. The molecule has 0 unspecified atom stereocenters. The van der Waals surface area contributed by atoms with E-state index < -0.39 is 22.6 Å². The summed E-state index contributed by atoms with van der Waals surface area (Å²) in [4.78, 5) is 0. The van der Waals surface area contributed by atoms with E-state index in [2.05, 4.69) is 21.3 Å². The van der Waals surface area contributed by atoms with Gasteiger partial charge in [-0.3, -0.25) is 4.72 Å². The van der Waals surface area contributed by atoms with Crippen LogP contribution in [0, 0.1) is 17.7 Å². The van der Waals surface area contributed by atoms with Crippen LogP contribution in [0.25, 0.3) is 0 Å². The van der Waals surface area contributed by atoms with Gasteiger partial charge < -0.3 is 5.11 Å². The molecule has 0 aliphatic heterocycles. The van der Waals surface area contributed by atoms with Crippen molar-refractivity contribution in [3.05, 3.63) is 29.6 Å². The molecule has 3 N–H and O–H groups in total. The molecule has 0 fully saturated rings. The maximum atomic E-state index is 13.4. The molecule has 0 heterocycles. The zero-order valence-corrected chi connectivity index (χ0v) is 11.4. The molecule has 7 heteroatoms. The van der Waals surface area contributed by atoms with E-state index in [-0.39, 0.29) is 17.3 Å². The van der Waals surface area contributed by atoms with E-state index in [0.29, 0.717) is 0 Å². The van der Waals surface area contributed by atoms with Crippen molar-refractivity contribution in [3.8, 4) is 11.8 Å². The molecule has 1 aromatic carbocycles. The van der Waals surface area contributed by atoms with Crippen molar-refractivity contribution in [2.45, 2.75) is 19.9 Å². The fraction of sp³-hybridized carbons (Fsp3) is 0.333. The number of aliphatic hydroxyl groups is 1. The van der Waals surface area contributed by atoms with Gasteiger partial charge in [-0.15, -0.1) is 0 Å². The van der Waals surface area contributed by atoms with Crippen LogP contribution >= 0.6 is 0 Å². The number of anilines is 1. The van der Waals surface area contributed by atoms with Gasteiger partial charge in [0.05, 0.1) is 11.3 Å². The number of rotatable bonds is 4. The molecule has 0 saturated carbocycles. The second-order valence-corrected chi connectivity index (χ2v) is 5.48. The Bertz CT molecular complexity index is 603. The lowest BCUT2D eigenvalue weighted by Gasteiger charge is -2.11. The molecule has 104 valence electrons. The van der Waals surface area contributed by atoms with Crippen LogP contribution in [-0.4, -0.2) is 26.2 Å². The number of aliphatic hydroxyl groups excluding tert-OH is 1. The molecule has 1 rings (SSSR count). The van der Waals surface area contributed by atoms with Gasteiger partial charge in [0, 0.05) is 6.04 Å². The van der Waals surface area contributed by atoms with E-state index in [9.17, 15) is 12.8 Å². The minimum absolute atomic E-state index is 0.0128. The Labute approximate surface area is 112 Å². The quantitative estimate of drug-likeness (QED) is 0.717. The highest BCUT2D eigenvalue weighted by molar-refractivity contribution is 7.90. The van der Waals surface area contributed by atoms with Gasteiger partial charge in [-0.25, -0.2) is 4.39 Å². The molecule has 1 aromatic rings. The van der Waals surface area contributed by atoms with Crippen LogP contribution in [0.4, 0.5) is 10.1 Å². The van der Waals surface area contributed by atoms with Crippen molar-refractivity contribution in [3.63, 3.8) is 0 Å². The predicted octanol–water partition coefficient (Wildman–Crippen LogP) is 0.824. The average molecular weight is 286 g/mol. The van der Waals surface area contributed by atoms with Gasteiger partial charge in [-0.1, -0.05) is 11.8 Å². The van der Waals surface area contributed by atoms with Gasteiger partial charge in [0.15, 0.2) is 0 Å². The Kier molecular flexibility index (Phi) is 5.30. The first-order valence-electron chi connectivity index (χ1n) is 5.53. The number of hydrogen-bond donors (Lipinski definition) is 3. The lowest BCUT2D eigenvalue weighted by atomic mass is 10.2. The first kappa shape index (κ1) is 15.4. The van der Waals surface area contributed by atoms with E-state index in [1.165, 1.54) is 12.1 Å². The highest BCUT2D eigenvalue weighted by atomic mass is 32.2. The third-order valence-corrected chi connectivity index (χ3v) is 3.20. The normalized spacial score (nSPS) is 11.0. The first-order valence-corrected chi connectivity index (χ1v) is 7.01. The van der Waals surface area contributed by atoms with Crippen LogP contribution in [-0.2, 0) is 10.2 Å². The van der Waals surface area contributed by atoms with E-state index in [1.807, 2.05) is 0 Å². The summed E-state index contributed by atoms with van der Waals surface area (Å²) < 4.78 is 41.2. The van der Waals surface area contributed by atoms with Gasteiger partial charge >= 0.3 is 0 Å². The summed E-state index contributed by atoms with van der Waals surface area (Å²) in [6.45, 7) is 2.97. The fourth-order valence-corrected chi connectivity index (χ4v) is 2.43. The zero-order chi connectivity index (χ0) is 14.5. The molecule has 0 saturated heterocycles. The molecule has 0 bridgehead atoms. The van der Waals surface area contributed by atoms with Gasteiger partial charge in [-0.2, -0.15) is 13.1 Å². The summed E-state index contributed by atoms with van der Waals surface area (Å²) in [5.74, 6) is 4.12. The Morgan fingerprint density at radius 1 is 1.42 bits per heavy atom. The van der Waals surface area contributed by atoms with Gasteiger partial charge in [0.2, 0.25) is 0 Å². The number of hydrogen-bond acceptors (Lipinski definition) is 3. The fourth-order valence-electron chi connectivity index (χ4n) is 1.31. The lowest BCUT2D eigenvalue weighted by molar-refractivity contribution is 0.350. The third kappa shape index (κ3) is 5.26. The smallest absolute Gasteiger partial charge is 0.299 e. The average Bonchev–Trinajstić information content (AvgIpc) is 2.27. The molecule has 0 atom stereocenters. The van der Waals surface area contributed by atoms with Crippen molar-refractivity contribution < 1.29 is 17.9 Å². The summed E-state index contributed by atoms with van der Waals surface area (Å²) in [5.41, 5.74) is 0.204. The monoisotopic (exact) mass is 286 g/mol. The van der Waals surface area contributed by atoms with E-state index >= 15 is 0 Å². The minimum atomic E-state index is -3.70. The SMILES string of the molecule is CC(C)NS(=O)(=O)Nc1ccc(F)c(C#CCO)c1. The van der Waals surface area contributed by atoms with Crippen molar-refractivity contribution in [2.75, 3.05) is 11.3 Å². The van der Waals surface area contributed by atoms with Crippen LogP contribution in [0.3, 0.4) is 0 Å². The van der Waals surface area contributed by atoms with Crippen molar-refractivity contribution >= 4 is 15.9 Å². The molecule has 0 radical (unpaired) electrons. The van der Waals surface area contributed by atoms with Crippen LogP contribution in [0.15, 0.2) is 18.2 Å². The highest BCUT2D eigenvalue weighted by Crippen LogP contribution is 2.15. The van der Waals surface area contributed by atoms with Crippen molar-refractivity contribution in [1.29, 1.82) is 0 Å². The molecule has 0 spiro atoms. The molecule has 0 aliphatic rings. The van der Waals surface area contributed by atoms with Crippen molar-refractivity contribution in [1.82, 2.24) is 4.72 Å². The van der Waals surface area contributed by atoms with Crippen molar-refractivity contribution in [2.24, 2.45) is 0 Å². The number of nitrogens with one attached hydrogen (secondary N) is 2. The summed E-state index contributed by atoms with van der Waals surface area (Å²) >= 11 is 0. The van der Waals surface area contributed by atoms with Gasteiger partial charge in [0.1, 0.15) is 12.4 Å². The Morgan fingerprint density at radius 3 is 2.68 bits per heavy atom. The largest absolute Gasteiger partial charge is 0.384 e. The second-order valence-electron chi connectivity index (χ2n) is 4.03. The molecule has 5 nitrogen and oxygen atoms in total. The topological polar surface area (TPSA) is 78.4 Å². The zero-order valence-electron chi connectivity index (χ0n) is 10.6. The van der Waals surface area contributed by atoms with E-state index in [4.69, 9.17) is 5.11 Å². The van der Waals surface area contributed by atoms with E-state index in [1.54, 1.807) is 13.8 Å². The molecular formula is C12H15FN2O3S. The minimum Gasteiger partial charge on any atom is -0.384 e. The summed E-state index contributed by atoms with van der Waals surface area (Å²) in [7, 11) is -3.70. The maximum Gasteiger partial charge on any atom is 0.299 e. The molecular weight excluding hydrogens is 271 g/mol. The standard InChI is InChI=1S/C12H15FN2O3S/c1-9(2)14-19(17,18)15-11-5-6-12(13)10(8-11)4-3-7-16/h5-6,8-9,14-16H,7H2,1-2H3. The van der Waals surface area contributed by atoms with Crippen LogP contribution in [0.1, 0.15) is 19.4 Å². The third-order valence-electron chi connectivity index (χ3n) is 1.91. The van der Waals surface area contributed by atoms with Gasteiger partial charge in [-0.05, 0) is 32.0 Å². The highest BCUT2D eigenvalue weighted by Gasteiger charge is 2.12. The predicted molar refractivity (Wildman–Crippen MR) is 71.2 cm³/mol. The lowest BCUT2D eigenvalue weighted by Crippen LogP contribution is -2.35. The van der Waals surface area contributed by atoms with Crippen LogP contribution in [0.5, 0.6) is 0 Å². The molecule has 0 amide bonds. The molecule has 0 aliphatic carbocycles. The number of halogens is 1. The first-order chi connectivity index (χ1) is 8.84. The summed E-state index contributed by atoms with van der Waals surface area (Å²) in [5, 5.41) is 8.56. The van der Waals surface area contributed by atoms with Crippen LogP contribution < -0.4 is 9.44 Å². The maximum absolute atomic E-state index is 13.4. The van der Waals surface area contributed by atoms with Gasteiger partial charge in [0.25, 0.3) is 10.2 Å². The Morgan fingerprint density at radius 2 is 2.11 bits per heavy atom. The molecule has 0 aromatic heterocycles. The van der Waals surface area contributed by atoms with E-state index in [0.717, 1.165) is 6.07 Å². The number of benzene rings is 1. The Balaban J connectivity index is 2.97. The van der Waals surface area contributed by atoms with Crippen LogP contribution in [0.2, 0.25) is 0 Å². The second kappa shape index (κ2) is 6.52.